The first-order valence-corrected chi connectivity index (χ1v) is 7.70. The lowest BCUT2D eigenvalue weighted by atomic mass is 9.96. The van der Waals surface area contributed by atoms with E-state index in [4.69, 9.17) is 0 Å². The van der Waals surface area contributed by atoms with Crippen molar-refractivity contribution in [2.75, 3.05) is 11.9 Å². The number of nitrogens with zero attached hydrogens (tertiary/aromatic N) is 2. The van der Waals surface area contributed by atoms with Gasteiger partial charge in [-0.1, -0.05) is 40.7 Å². The number of anilines is 1. The van der Waals surface area contributed by atoms with Gasteiger partial charge >= 0.3 is 0 Å². The summed E-state index contributed by atoms with van der Waals surface area (Å²) in [6.45, 7) is 13.7. The van der Waals surface area contributed by atoms with Crippen molar-refractivity contribution in [1.29, 1.82) is 5.26 Å². The van der Waals surface area contributed by atoms with Crippen LogP contribution in [0.3, 0.4) is 0 Å². The predicted octanol–water partition coefficient (Wildman–Crippen LogP) is 4.69. The van der Waals surface area contributed by atoms with Crippen molar-refractivity contribution in [3.05, 3.63) is 23.8 Å². The topological polar surface area (TPSA) is 49.9 Å². The zero-order valence-electron chi connectivity index (χ0n) is 14.2. The maximum Gasteiger partial charge on any atom is 0.104 e. The third-order valence-electron chi connectivity index (χ3n) is 3.10. The van der Waals surface area contributed by atoms with Crippen LogP contribution in [0.2, 0.25) is 0 Å². The molecule has 1 N–H and O–H groups in total. The van der Waals surface area contributed by atoms with E-state index in [1.54, 1.807) is 0 Å². The maximum atomic E-state index is 9.47. The Labute approximate surface area is 129 Å². The van der Waals surface area contributed by atoms with Crippen LogP contribution < -0.4 is 10.6 Å². The molecule has 0 amide bonds. The second-order valence-electron chi connectivity index (χ2n) is 7.36. The Bertz CT molecular complexity index is 492. The molecule has 0 bridgehead atoms. The molecule has 0 aliphatic heterocycles. The molecule has 1 aromatic rings. The van der Waals surface area contributed by atoms with Gasteiger partial charge in [0.1, 0.15) is 11.6 Å². The van der Waals surface area contributed by atoms with E-state index in [1.807, 2.05) is 18.2 Å². The van der Waals surface area contributed by atoms with Gasteiger partial charge in [-0.25, -0.2) is 0 Å². The van der Waals surface area contributed by atoms with Crippen LogP contribution in [0.15, 0.2) is 18.2 Å². The van der Waals surface area contributed by atoms with E-state index in [0.717, 1.165) is 17.8 Å². The van der Waals surface area contributed by atoms with Gasteiger partial charge in [0.05, 0.1) is 11.4 Å². The van der Waals surface area contributed by atoms with Crippen LogP contribution >= 0.6 is 0 Å². The van der Waals surface area contributed by atoms with Gasteiger partial charge in [0.25, 0.3) is 0 Å². The number of rotatable bonds is 6. The molecule has 21 heavy (non-hydrogen) atoms. The second kappa shape index (κ2) is 7.36. The molecule has 1 radical (unpaired) electrons. The Morgan fingerprint density at radius 2 is 1.90 bits per heavy atom. The molecule has 0 spiro atoms. The van der Waals surface area contributed by atoms with Gasteiger partial charge in [-0.05, 0) is 36.8 Å². The minimum absolute atomic E-state index is 0.126. The molecule has 0 aliphatic rings. The third kappa shape index (κ3) is 6.08. The highest BCUT2D eigenvalue weighted by atomic mass is 14.9. The van der Waals surface area contributed by atoms with E-state index in [2.05, 4.69) is 58.2 Å². The SMILES string of the molecule is CC(C)CC(C)Nc1cccc([N]CC(C)(C)C)c1C#N. The number of hydrogen-bond donors (Lipinski definition) is 1. The summed E-state index contributed by atoms with van der Waals surface area (Å²) < 4.78 is 0. The zero-order valence-corrected chi connectivity index (χ0v) is 14.2. The van der Waals surface area contributed by atoms with E-state index < -0.39 is 0 Å². The molecule has 1 atom stereocenters. The van der Waals surface area contributed by atoms with Gasteiger partial charge in [0, 0.05) is 12.6 Å². The second-order valence-corrected chi connectivity index (χ2v) is 7.36. The summed E-state index contributed by atoms with van der Waals surface area (Å²) in [5.74, 6) is 0.631. The Balaban J connectivity index is 2.89. The molecule has 3 nitrogen and oxygen atoms in total. The minimum atomic E-state index is 0.126. The summed E-state index contributed by atoms with van der Waals surface area (Å²) in [4.78, 5) is 0. The summed E-state index contributed by atoms with van der Waals surface area (Å²) in [6.07, 6.45) is 1.08. The fraction of sp³-hybridized carbons (Fsp3) is 0.611. The first kappa shape index (κ1) is 17.4. The van der Waals surface area contributed by atoms with Gasteiger partial charge < -0.3 is 5.32 Å². The molecule has 115 valence electrons. The number of nitrogens with one attached hydrogen (secondary N) is 1. The molecule has 1 aromatic carbocycles. The van der Waals surface area contributed by atoms with Crippen molar-refractivity contribution in [3.8, 4) is 6.07 Å². The molecular formula is C18H28N3. The van der Waals surface area contributed by atoms with E-state index in [1.165, 1.54) is 0 Å². The third-order valence-corrected chi connectivity index (χ3v) is 3.10. The van der Waals surface area contributed by atoms with Crippen LogP contribution in [0.4, 0.5) is 11.4 Å². The predicted molar refractivity (Wildman–Crippen MR) is 89.8 cm³/mol. The Hall–Kier alpha value is -1.69. The molecule has 0 heterocycles. The zero-order chi connectivity index (χ0) is 16.0. The lowest BCUT2D eigenvalue weighted by molar-refractivity contribution is 0.401. The first-order chi connectivity index (χ1) is 9.73. The van der Waals surface area contributed by atoms with Crippen molar-refractivity contribution in [1.82, 2.24) is 5.32 Å². The highest BCUT2D eigenvalue weighted by Crippen LogP contribution is 2.26. The summed E-state index contributed by atoms with van der Waals surface area (Å²) in [5, 5.41) is 17.5. The van der Waals surface area contributed by atoms with Gasteiger partial charge in [-0.2, -0.15) is 5.26 Å². The first-order valence-electron chi connectivity index (χ1n) is 7.70. The quantitative estimate of drug-likeness (QED) is 0.825. The van der Waals surface area contributed by atoms with E-state index in [9.17, 15) is 5.26 Å². The van der Waals surface area contributed by atoms with Gasteiger partial charge in [-0.15, -0.1) is 0 Å². The van der Waals surface area contributed by atoms with E-state index >= 15 is 0 Å². The van der Waals surface area contributed by atoms with Crippen LogP contribution in [0.1, 0.15) is 53.5 Å². The van der Waals surface area contributed by atoms with Crippen molar-refractivity contribution in [2.24, 2.45) is 11.3 Å². The maximum absolute atomic E-state index is 9.47. The van der Waals surface area contributed by atoms with Crippen LogP contribution in [0.25, 0.3) is 0 Å². The van der Waals surface area contributed by atoms with Gasteiger partial charge in [0.15, 0.2) is 0 Å². The van der Waals surface area contributed by atoms with Gasteiger partial charge in [-0.3, -0.25) is 5.32 Å². The van der Waals surface area contributed by atoms with Crippen molar-refractivity contribution in [2.45, 2.75) is 54.0 Å². The largest absolute Gasteiger partial charge is 0.381 e. The van der Waals surface area contributed by atoms with Crippen molar-refractivity contribution in [3.63, 3.8) is 0 Å². The lowest BCUT2D eigenvalue weighted by Gasteiger charge is -2.21. The van der Waals surface area contributed by atoms with Crippen LogP contribution in [0, 0.1) is 22.7 Å². The monoisotopic (exact) mass is 286 g/mol. The highest BCUT2D eigenvalue weighted by molar-refractivity contribution is 5.68. The smallest absolute Gasteiger partial charge is 0.104 e. The van der Waals surface area contributed by atoms with Crippen LogP contribution in [-0.2, 0) is 0 Å². The standard InChI is InChI=1S/C18H28N3/c1-13(2)10-14(3)21-17-9-7-8-16(15(17)11-19)20-12-18(4,5)6/h7-9,13-14,21H,10,12H2,1-6H3. The highest BCUT2D eigenvalue weighted by Gasteiger charge is 2.15. The molecule has 0 fully saturated rings. The molecule has 1 rings (SSSR count). The Morgan fingerprint density at radius 1 is 1.24 bits per heavy atom. The Kier molecular flexibility index (Phi) is 6.08. The normalized spacial score (nSPS) is 12.9. The van der Waals surface area contributed by atoms with Gasteiger partial charge in [0.2, 0.25) is 0 Å². The van der Waals surface area contributed by atoms with Crippen molar-refractivity contribution >= 4 is 11.4 Å². The average Bonchev–Trinajstić information content (AvgIpc) is 2.34. The number of nitriles is 1. The molecule has 0 aromatic heterocycles. The average molecular weight is 286 g/mol. The molecule has 1 unspecified atom stereocenters. The molecule has 0 aliphatic carbocycles. The van der Waals surface area contributed by atoms with Crippen LogP contribution in [-0.4, -0.2) is 12.6 Å². The lowest BCUT2D eigenvalue weighted by Crippen LogP contribution is -2.20. The van der Waals surface area contributed by atoms with Crippen LogP contribution in [0.5, 0.6) is 0 Å². The van der Waals surface area contributed by atoms with E-state index in [0.29, 0.717) is 24.1 Å². The summed E-state index contributed by atoms with van der Waals surface area (Å²) in [6, 6.07) is 8.49. The fourth-order valence-corrected chi connectivity index (χ4v) is 2.26. The summed E-state index contributed by atoms with van der Waals surface area (Å²) in [7, 11) is 0. The minimum Gasteiger partial charge on any atom is -0.381 e. The summed E-state index contributed by atoms with van der Waals surface area (Å²) >= 11 is 0. The number of benzene rings is 1. The Morgan fingerprint density at radius 3 is 2.43 bits per heavy atom. The fourth-order valence-electron chi connectivity index (χ4n) is 2.26. The van der Waals surface area contributed by atoms with E-state index in [-0.39, 0.29) is 5.41 Å². The van der Waals surface area contributed by atoms with Crippen molar-refractivity contribution < 1.29 is 0 Å². The molecule has 3 heteroatoms. The molecule has 0 saturated carbocycles. The molecular weight excluding hydrogens is 258 g/mol. The molecule has 0 saturated heterocycles. The number of hydrogen-bond acceptors (Lipinski definition) is 2. The summed E-state index contributed by atoms with van der Waals surface area (Å²) in [5.41, 5.74) is 2.45.